The fourth-order valence-corrected chi connectivity index (χ4v) is 5.84. The van der Waals surface area contributed by atoms with Crippen molar-refractivity contribution in [2.45, 2.75) is 51.4 Å². The molecule has 0 radical (unpaired) electrons. The minimum absolute atomic E-state index is 0.0632. The van der Waals surface area contributed by atoms with E-state index in [1.165, 1.54) is 31.7 Å². The van der Waals surface area contributed by atoms with Crippen molar-refractivity contribution < 1.29 is 9.90 Å². The zero-order valence-corrected chi connectivity index (χ0v) is 21.5. The molecule has 6 rings (SSSR count). The van der Waals surface area contributed by atoms with Gasteiger partial charge in [0.05, 0.1) is 16.3 Å². The topological polar surface area (TPSA) is 131 Å². The molecule has 37 heavy (non-hydrogen) atoms. The number of nitrogen functional groups attached to an aromatic ring is 1. The summed E-state index contributed by atoms with van der Waals surface area (Å²) in [6.45, 7) is 4.06. The van der Waals surface area contributed by atoms with Crippen LogP contribution in [0.1, 0.15) is 56.4 Å². The van der Waals surface area contributed by atoms with Crippen molar-refractivity contribution >= 4 is 34.8 Å². The predicted molar refractivity (Wildman–Crippen MR) is 141 cm³/mol. The number of nitrogens with zero attached hydrogens (tertiary/aromatic N) is 5. The van der Waals surface area contributed by atoms with Gasteiger partial charge in [0.2, 0.25) is 5.91 Å². The first kappa shape index (κ1) is 23.7. The Bertz CT molecular complexity index is 1540. The maximum Gasteiger partial charge on any atom is 0.240 e. The molecule has 4 aromatic rings. The average molecular weight is 518 g/mol. The molecule has 1 aromatic carbocycles. The number of aromatic nitrogens is 5. The number of nitrogens with one attached hydrogen (secondary N) is 1. The molecule has 1 aliphatic carbocycles. The minimum atomic E-state index is -1.17. The van der Waals surface area contributed by atoms with E-state index < -0.39 is 5.41 Å². The van der Waals surface area contributed by atoms with Gasteiger partial charge in [0.25, 0.3) is 0 Å². The van der Waals surface area contributed by atoms with Gasteiger partial charge in [0.1, 0.15) is 28.5 Å². The lowest BCUT2D eigenvalue weighted by atomic mass is 9.77. The number of imidazole rings is 1. The molecule has 2 aliphatic rings. The van der Waals surface area contributed by atoms with Crippen molar-refractivity contribution in [3.8, 4) is 17.3 Å². The maximum atomic E-state index is 13.2. The van der Waals surface area contributed by atoms with Crippen molar-refractivity contribution in [2.24, 2.45) is 11.8 Å². The molecule has 1 atom stereocenters. The molecule has 4 N–H and O–H groups in total. The van der Waals surface area contributed by atoms with Crippen LogP contribution in [0.2, 0.25) is 5.02 Å². The van der Waals surface area contributed by atoms with Crippen LogP contribution < -0.4 is 11.1 Å². The molecule has 0 saturated heterocycles. The second-order valence-electron chi connectivity index (χ2n) is 10.5. The zero-order chi connectivity index (χ0) is 25.9. The molecule has 1 aliphatic heterocycles. The second-order valence-corrected chi connectivity index (χ2v) is 10.9. The largest absolute Gasteiger partial charge is 0.506 e. The Morgan fingerprint density at radius 2 is 2.00 bits per heavy atom. The van der Waals surface area contributed by atoms with Gasteiger partial charge in [-0.15, -0.1) is 0 Å². The summed E-state index contributed by atoms with van der Waals surface area (Å²) in [4.78, 5) is 32.0. The number of hydrogen-bond acceptors (Lipinski definition) is 7. The summed E-state index contributed by atoms with van der Waals surface area (Å²) in [5.74, 6) is 1.85. The number of phenolic OH excluding ortho intramolecular Hbond substituents is 1. The number of halogens is 1. The molecule has 0 bridgehead atoms. The van der Waals surface area contributed by atoms with E-state index in [0.29, 0.717) is 34.4 Å². The average Bonchev–Trinajstić information content (AvgIpc) is 3.45. The fourth-order valence-electron chi connectivity index (χ4n) is 5.66. The van der Waals surface area contributed by atoms with Gasteiger partial charge in [0, 0.05) is 18.6 Å². The normalized spacial score (nSPS) is 23.3. The molecule has 190 valence electrons. The highest BCUT2D eigenvalue weighted by Gasteiger charge is 2.47. The van der Waals surface area contributed by atoms with E-state index in [-0.39, 0.29) is 22.5 Å². The monoisotopic (exact) mass is 517 g/mol. The number of fused-ring (bicyclic) bond motifs is 2. The number of anilines is 2. The molecular weight excluding hydrogens is 490 g/mol. The lowest BCUT2D eigenvalue weighted by molar-refractivity contribution is -0.119. The number of rotatable bonds is 4. The van der Waals surface area contributed by atoms with E-state index in [0.717, 1.165) is 23.7 Å². The van der Waals surface area contributed by atoms with Gasteiger partial charge in [-0.3, -0.25) is 4.79 Å². The molecule has 1 amide bonds. The van der Waals surface area contributed by atoms with Crippen molar-refractivity contribution in [1.29, 1.82) is 0 Å². The molecule has 0 unspecified atom stereocenters. The Balaban J connectivity index is 1.41. The molecule has 1 fully saturated rings. The lowest BCUT2D eigenvalue weighted by Crippen LogP contribution is -2.33. The van der Waals surface area contributed by atoms with E-state index in [2.05, 4.69) is 27.2 Å². The summed E-state index contributed by atoms with van der Waals surface area (Å²) in [7, 11) is 0. The predicted octanol–water partition coefficient (Wildman–Crippen LogP) is 4.75. The van der Waals surface area contributed by atoms with Crippen LogP contribution in [-0.2, 0) is 16.6 Å². The number of nitrogens with two attached hydrogens (primary N) is 1. The van der Waals surface area contributed by atoms with Crippen LogP contribution in [-0.4, -0.2) is 35.4 Å². The molecule has 9 nitrogen and oxygen atoms in total. The van der Waals surface area contributed by atoms with Crippen LogP contribution in [0.15, 0.2) is 36.8 Å². The number of benzene rings is 1. The number of phenols is 1. The van der Waals surface area contributed by atoms with Gasteiger partial charge in [0.15, 0.2) is 11.5 Å². The fraction of sp³-hybridized carbons (Fsp3) is 0.370. The Kier molecular flexibility index (Phi) is 5.56. The number of carbonyl (C=O) groups excluding carboxylic acids is 1. The summed E-state index contributed by atoms with van der Waals surface area (Å²) < 4.78 is 1.94. The van der Waals surface area contributed by atoms with Gasteiger partial charge in [-0.2, -0.15) is 0 Å². The summed E-state index contributed by atoms with van der Waals surface area (Å²) in [5.41, 5.74) is 8.68. The Morgan fingerprint density at radius 1 is 1.22 bits per heavy atom. The van der Waals surface area contributed by atoms with Gasteiger partial charge in [-0.25, -0.2) is 19.9 Å². The quantitative estimate of drug-likeness (QED) is 0.355. The summed E-state index contributed by atoms with van der Waals surface area (Å²) in [6, 6.07) is 4.67. The third kappa shape index (κ3) is 3.89. The zero-order valence-electron chi connectivity index (χ0n) is 20.7. The standard InChI is InChI=1S/C27H28ClN7O2/c1-14-3-5-15(6-4-14)11-18-25-30-9-10-35(25)13-19(31-18)23-32-22(29)21-24(33-23)34-26(37)27(21,2)16-7-8-20(36)17(28)12-16/h7-10,12-15,36H,3-6,11H2,1-2H3,(H3,29,32,33,34,37)/t14-,15-,27-/m1/s1. The minimum Gasteiger partial charge on any atom is -0.506 e. The van der Waals surface area contributed by atoms with Crippen LogP contribution in [0, 0.1) is 11.8 Å². The van der Waals surface area contributed by atoms with Crippen LogP contribution in [0.5, 0.6) is 5.75 Å². The Morgan fingerprint density at radius 3 is 2.76 bits per heavy atom. The molecule has 10 heteroatoms. The van der Waals surface area contributed by atoms with Gasteiger partial charge in [-0.05, 0) is 55.7 Å². The van der Waals surface area contributed by atoms with Crippen molar-refractivity contribution in [3.05, 3.63) is 58.6 Å². The van der Waals surface area contributed by atoms with Gasteiger partial charge >= 0.3 is 0 Å². The van der Waals surface area contributed by atoms with Gasteiger partial charge in [-0.1, -0.05) is 37.4 Å². The van der Waals surface area contributed by atoms with E-state index in [9.17, 15) is 9.90 Å². The highest BCUT2D eigenvalue weighted by molar-refractivity contribution is 6.32. The number of aromatic hydroxyl groups is 1. The smallest absolute Gasteiger partial charge is 0.240 e. The first-order valence-corrected chi connectivity index (χ1v) is 12.9. The number of amides is 1. The highest BCUT2D eigenvalue weighted by Crippen LogP contribution is 2.46. The molecule has 3 aromatic heterocycles. The van der Waals surface area contributed by atoms with Crippen molar-refractivity contribution in [3.63, 3.8) is 0 Å². The van der Waals surface area contributed by atoms with E-state index in [4.69, 9.17) is 22.3 Å². The number of carbonyl (C=O) groups is 1. The molecule has 0 spiro atoms. The first-order chi connectivity index (χ1) is 17.7. The van der Waals surface area contributed by atoms with E-state index in [1.807, 2.05) is 16.8 Å². The lowest BCUT2D eigenvalue weighted by Gasteiger charge is -2.26. The van der Waals surface area contributed by atoms with E-state index in [1.54, 1.807) is 25.3 Å². The van der Waals surface area contributed by atoms with Crippen molar-refractivity contribution in [1.82, 2.24) is 24.3 Å². The summed E-state index contributed by atoms with van der Waals surface area (Å²) in [6.07, 6.45) is 11.2. The SMILES string of the molecule is C[C@]1(c2ccc(O)c(Cl)c2)C(=O)Nc2nc(-c3cn4ccnc4c(C[C@H]4CC[C@H](C)CC4)n3)nc(N)c21. The third-order valence-electron chi connectivity index (χ3n) is 7.94. The summed E-state index contributed by atoms with van der Waals surface area (Å²) in [5, 5.41) is 12.9. The van der Waals surface area contributed by atoms with Crippen LogP contribution in [0.4, 0.5) is 11.6 Å². The molecule has 4 heterocycles. The maximum absolute atomic E-state index is 13.2. The van der Waals surface area contributed by atoms with Crippen LogP contribution in [0.25, 0.3) is 17.2 Å². The Hall–Kier alpha value is -3.72. The second kappa shape index (κ2) is 8.69. The Labute approximate surface area is 219 Å². The van der Waals surface area contributed by atoms with Gasteiger partial charge < -0.3 is 20.6 Å². The van der Waals surface area contributed by atoms with Crippen LogP contribution in [0.3, 0.4) is 0 Å². The molecular formula is C27H28ClN7O2. The van der Waals surface area contributed by atoms with Crippen molar-refractivity contribution in [2.75, 3.05) is 11.1 Å². The van der Waals surface area contributed by atoms with Crippen LogP contribution >= 0.6 is 11.6 Å². The van der Waals surface area contributed by atoms with E-state index >= 15 is 0 Å². The summed E-state index contributed by atoms with van der Waals surface area (Å²) >= 11 is 6.14. The highest BCUT2D eigenvalue weighted by atomic mass is 35.5. The molecule has 1 saturated carbocycles. The number of hydrogen-bond donors (Lipinski definition) is 3. The first-order valence-electron chi connectivity index (χ1n) is 12.6. The third-order valence-corrected chi connectivity index (χ3v) is 8.24.